The minimum Gasteiger partial charge on any atom is -0.298 e. The van der Waals surface area contributed by atoms with E-state index in [1.54, 1.807) is 25.7 Å². The van der Waals surface area contributed by atoms with Gasteiger partial charge in [-0.25, -0.2) is 13.7 Å². The van der Waals surface area contributed by atoms with Gasteiger partial charge in [0.05, 0.1) is 6.54 Å². The molecule has 6 heteroatoms. The van der Waals surface area contributed by atoms with Crippen molar-refractivity contribution >= 4 is 0 Å². The van der Waals surface area contributed by atoms with Crippen LogP contribution in [0.15, 0.2) is 0 Å². The minimum absolute atomic E-state index is 0.0309. The molecule has 0 aliphatic carbocycles. The van der Waals surface area contributed by atoms with Crippen LogP contribution in [0.5, 0.6) is 0 Å². The molecule has 2 saturated heterocycles. The number of hydrogen-bond acceptors (Lipinski definition) is 2. The summed E-state index contributed by atoms with van der Waals surface area (Å²) >= 11 is 0. The standard InChI is InChI=1S/C18H32F4N2/c1-6-23-9-8-15(17(19,20)12-23)14(3)16(4,5)24-10-7-13(2)11-18(24,21)22/h13-15H,6-12H2,1-5H3. The lowest BCUT2D eigenvalue weighted by atomic mass is 9.71. The smallest absolute Gasteiger partial charge is 0.298 e. The van der Waals surface area contributed by atoms with E-state index in [2.05, 4.69) is 0 Å². The van der Waals surface area contributed by atoms with E-state index < -0.39 is 29.3 Å². The Morgan fingerprint density at radius 1 is 1.12 bits per heavy atom. The zero-order chi connectivity index (χ0) is 18.3. The van der Waals surface area contributed by atoms with Crippen LogP contribution in [-0.2, 0) is 0 Å². The molecule has 2 fully saturated rings. The highest BCUT2D eigenvalue weighted by atomic mass is 19.3. The molecule has 0 spiro atoms. The molecule has 0 radical (unpaired) electrons. The van der Waals surface area contributed by atoms with Crippen LogP contribution < -0.4 is 0 Å². The zero-order valence-corrected chi connectivity index (χ0v) is 15.6. The Bertz CT molecular complexity index is 439. The Labute approximate surface area is 143 Å². The van der Waals surface area contributed by atoms with Gasteiger partial charge in [-0.15, -0.1) is 0 Å². The fourth-order valence-corrected chi connectivity index (χ4v) is 4.51. The van der Waals surface area contributed by atoms with Crippen molar-refractivity contribution in [3.8, 4) is 0 Å². The zero-order valence-electron chi connectivity index (χ0n) is 15.6. The molecule has 2 aliphatic heterocycles. The van der Waals surface area contributed by atoms with Crippen LogP contribution >= 0.6 is 0 Å². The van der Waals surface area contributed by atoms with Gasteiger partial charge in [0.1, 0.15) is 0 Å². The quantitative estimate of drug-likeness (QED) is 0.534. The number of likely N-dealkylation sites (tertiary alicyclic amines) is 2. The maximum atomic E-state index is 14.7. The Morgan fingerprint density at radius 2 is 1.75 bits per heavy atom. The van der Waals surface area contributed by atoms with Gasteiger partial charge in [0.25, 0.3) is 5.92 Å². The molecular formula is C18H32F4N2. The third-order valence-electron chi connectivity index (χ3n) is 6.43. The lowest BCUT2D eigenvalue weighted by Gasteiger charge is -2.53. The predicted molar refractivity (Wildman–Crippen MR) is 88.5 cm³/mol. The first-order valence-electron chi connectivity index (χ1n) is 9.17. The molecule has 2 nitrogen and oxygen atoms in total. The van der Waals surface area contributed by atoms with Crippen LogP contribution in [0.1, 0.15) is 53.9 Å². The topological polar surface area (TPSA) is 6.48 Å². The van der Waals surface area contributed by atoms with Gasteiger partial charge in [-0.2, -0.15) is 8.78 Å². The van der Waals surface area contributed by atoms with E-state index in [-0.39, 0.29) is 25.4 Å². The van der Waals surface area contributed by atoms with Gasteiger partial charge in [-0.1, -0.05) is 20.8 Å². The van der Waals surface area contributed by atoms with Gasteiger partial charge in [-0.05, 0) is 51.6 Å². The van der Waals surface area contributed by atoms with E-state index in [0.717, 1.165) is 0 Å². The van der Waals surface area contributed by atoms with Crippen molar-refractivity contribution in [1.29, 1.82) is 0 Å². The first kappa shape index (κ1) is 20.0. The highest BCUT2D eigenvalue weighted by Crippen LogP contribution is 2.47. The van der Waals surface area contributed by atoms with E-state index in [9.17, 15) is 17.6 Å². The van der Waals surface area contributed by atoms with Crippen molar-refractivity contribution in [2.45, 2.75) is 71.4 Å². The van der Waals surface area contributed by atoms with E-state index in [4.69, 9.17) is 0 Å². The lowest BCUT2D eigenvalue weighted by molar-refractivity contribution is -0.236. The number of piperidine rings is 2. The van der Waals surface area contributed by atoms with Gasteiger partial charge >= 0.3 is 6.05 Å². The van der Waals surface area contributed by atoms with Crippen molar-refractivity contribution in [3.05, 3.63) is 0 Å². The third-order valence-corrected chi connectivity index (χ3v) is 6.43. The Morgan fingerprint density at radius 3 is 2.25 bits per heavy atom. The minimum atomic E-state index is -2.92. The summed E-state index contributed by atoms with van der Waals surface area (Å²) in [5.41, 5.74) is -0.966. The monoisotopic (exact) mass is 352 g/mol. The van der Waals surface area contributed by atoms with Crippen LogP contribution in [0.2, 0.25) is 0 Å². The van der Waals surface area contributed by atoms with Gasteiger partial charge in [0, 0.05) is 24.4 Å². The normalized spacial score (nSPS) is 33.4. The molecule has 0 aromatic rings. The third kappa shape index (κ3) is 3.74. The van der Waals surface area contributed by atoms with Crippen molar-refractivity contribution in [2.24, 2.45) is 17.8 Å². The fraction of sp³-hybridized carbons (Fsp3) is 1.00. The average molecular weight is 352 g/mol. The highest BCUT2D eigenvalue weighted by Gasteiger charge is 2.55. The Hall–Kier alpha value is -0.360. The Kier molecular flexibility index (Phi) is 5.61. The van der Waals surface area contributed by atoms with Crippen molar-refractivity contribution in [3.63, 3.8) is 0 Å². The molecule has 142 valence electrons. The summed E-state index contributed by atoms with van der Waals surface area (Å²) in [4.78, 5) is 2.93. The van der Waals surface area contributed by atoms with Crippen molar-refractivity contribution in [2.75, 3.05) is 26.2 Å². The summed E-state index contributed by atoms with van der Waals surface area (Å²) < 4.78 is 58.5. The van der Waals surface area contributed by atoms with Crippen LogP contribution in [0.4, 0.5) is 17.6 Å². The molecule has 2 heterocycles. The molecule has 3 unspecified atom stereocenters. The molecule has 0 N–H and O–H groups in total. The maximum Gasteiger partial charge on any atom is 0.305 e. The molecule has 24 heavy (non-hydrogen) atoms. The van der Waals surface area contributed by atoms with E-state index in [1.165, 1.54) is 4.90 Å². The molecule has 0 saturated carbocycles. The summed E-state index contributed by atoms with van der Waals surface area (Å²) in [5.74, 6) is -4.23. The summed E-state index contributed by atoms with van der Waals surface area (Å²) in [6, 6.07) is -2.92. The van der Waals surface area contributed by atoms with Gasteiger partial charge in [-0.3, -0.25) is 4.90 Å². The second-order valence-electron chi connectivity index (χ2n) is 8.38. The summed E-state index contributed by atoms with van der Waals surface area (Å²) in [7, 11) is 0. The first-order valence-corrected chi connectivity index (χ1v) is 9.17. The summed E-state index contributed by atoms with van der Waals surface area (Å²) in [5, 5.41) is 0. The van der Waals surface area contributed by atoms with E-state index >= 15 is 0 Å². The van der Waals surface area contributed by atoms with Crippen LogP contribution in [-0.4, -0.2) is 53.5 Å². The van der Waals surface area contributed by atoms with Gasteiger partial charge in [0.15, 0.2) is 0 Å². The van der Waals surface area contributed by atoms with E-state index in [1.807, 2.05) is 13.8 Å². The lowest BCUT2D eigenvalue weighted by Crippen LogP contribution is -2.63. The molecular weight excluding hydrogens is 320 g/mol. The molecule has 0 bridgehead atoms. The number of alkyl halides is 4. The highest BCUT2D eigenvalue weighted by molar-refractivity contribution is 5.00. The molecule has 2 rings (SSSR count). The molecule has 0 aromatic heterocycles. The van der Waals surface area contributed by atoms with Crippen LogP contribution in [0.25, 0.3) is 0 Å². The fourth-order valence-electron chi connectivity index (χ4n) is 4.51. The second kappa shape index (κ2) is 6.75. The molecule has 0 aromatic carbocycles. The largest absolute Gasteiger partial charge is 0.305 e. The van der Waals surface area contributed by atoms with Gasteiger partial charge in [0.2, 0.25) is 0 Å². The number of nitrogens with zero attached hydrogens (tertiary/aromatic N) is 2. The summed E-state index contributed by atoms with van der Waals surface area (Å²) in [6.07, 6.45) is 0.867. The molecule has 2 aliphatic rings. The van der Waals surface area contributed by atoms with Crippen molar-refractivity contribution < 1.29 is 17.6 Å². The van der Waals surface area contributed by atoms with E-state index in [0.29, 0.717) is 25.9 Å². The molecule has 3 atom stereocenters. The first-order chi connectivity index (χ1) is 10.9. The SMILES string of the molecule is CCN1CCC(C(C)C(C)(C)N2CCC(C)CC2(F)F)C(F)(F)C1. The van der Waals surface area contributed by atoms with Crippen LogP contribution in [0, 0.1) is 17.8 Å². The average Bonchev–Trinajstić information content (AvgIpc) is 2.43. The van der Waals surface area contributed by atoms with Gasteiger partial charge < -0.3 is 0 Å². The second-order valence-corrected chi connectivity index (χ2v) is 8.38. The van der Waals surface area contributed by atoms with Crippen molar-refractivity contribution in [1.82, 2.24) is 9.80 Å². The number of hydrogen-bond donors (Lipinski definition) is 0. The van der Waals surface area contributed by atoms with Crippen LogP contribution in [0.3, 0.4) is 0 Å². The molecule has 0 amide bonds. The predicted octanol–water partition coefficient (Wildman–Crippen LogP) is 4.70. The number of halogens is 4. The summed E-state index contributed by atoms with van der Waals surface area (Å²) in [6.45, 7) is 10.1. The maximum absolute atomic E-state index is 14.7. The Balaban J connectivity index is 2.19. The number of rotatable bonds is 4.